The lowest BCUT2D eigenvalue weighted by atomic mass is 10.1. The van der Waals surface area contributed by atoms with Crippen LogP contribution in [0.2, 0.25) is 0 Å². The van der Waals surface area contributed by atoms with Crippen LogP contribution in [-0.2, 0) is 27.8 Å². The molecule has 0 aliphatic carbocycles. The van der Waals surface area contributed by atoms with Crippen molar-refractivity contribution in [2.45, 2.75) is 37.8 Å². The Morgan fingerprint density at radius 1 is 0.897 bits per heavy atom. The average molecular weight is 542 g/mol. The Balaban J connectivity index is 1.46. The lowest BCUT2D eigenvalue weighted by Crippen LogP contribution is -2.45. The second-order valence-corrected chi connectivity index (χ2v) is 11.2. The van der Waals surface area contributed by atoms with Gasteiger partial charge < -0.3 is 14.6 Å². The zero-order valence-electron chi connectivity index (χ0n) is 22.1. The van der Waals surface area contributed by atoms with Gasteiger partial charge in [-0.2, -0.15) is 4.72 Å². The molecule has 0 fully saturated rings. The molecule has 1 unspecified atom stereocenters. The smallest absolute Gasteiger partial charge is 0.242 e. The van der Waals surface area contributed by atoms with Crippen molar-refractivity contribution >= 4 is 43.4 Å². The van der Waals surface area contributed by atoms with Crippen molar-refractivity contribution in [3.63, 3.8) is 0 Å². The summed E-state index contributed by atoms with van der Waals surface area (Å²) < 4.78 is 36.9. The van der Waals surface area contributed by atoms with E-state index in [0.29, 0.717) is 17.0 Å². The Morgan fingerprint density at radius 3 is 2.33 bits per heavy atom. The van der Waals surface area contributed by atoms with E-state index in [-0.39, 0.29) is 11.3 Å². The van der Waals surface area contributed by atoms with Crippen LogP contribution in [0.5, 0.6) is 5.75 Å². The first kappa shape index (κ1) is 26.5. The average Bonchev–Trinajstić information content (AvgIpc) is 3.26. The van der Waals surface area contributed by atoms with Gasteiger partial charge in [-0.1, -0.05) is 48.5 Å². The monoisotopic (exact) mass is 541 g/mol. The minimum Gasteiger partial charge on any atom is -0.496 e. The Bertz CT molecular complexity index is 1760. The molecule has 1 aromatic heterocycles. The number of carbonyl (C=O) groups is 1. The maximum Gasteiger partial charge on any atom is 0.242 e. The third kappa shape index (κ3) is 5.39. The fourth-order valence-electron chi connectivity index (χ4n) is 5.01. The van der Waals surface area contributed by atoms with Crippen LogP contribution in [0.4, 0.5) is 5.69 Å². The zero-order chi connectivity index (χ0) is 27.6. The van der Waals surface area contributed by atoms with Crippen molar-refractivity contribution in [2.24, 2.45) is 0 Å². The number of carbonyl (C=O) groups excluding carboxylic acids is 1. The second kappa shape index (κ2) is 10.9. The molecule has 0 aliphatic rings. The van der Waals surface area contributed by atoms with Gasteiger partial charge >= 0.3 is 0 Å². The number of methoxy groups -OCH3 is 1. The van der Waals surface area contributed by atoms with Gasteiger partial charge in [0.1, 0.15) is 11.8 Å². The standard InChI is InChI=1S/C31H31N3O4S/c1-4-34-28-13-9-8-12-25(28)26-20-23(14-16-29(26)34)32-31(35)27(19-22-10-6-5-7-11-22)33-39(36,37)24-15-17-30(38-3)21(2)18-24/h5-18,20,27,33H,4,19H2,1-3H3,(H,32,35). The number of nitrogens with one attached hydrogen (secondary N) is 2. The van der Waals surface area contributed by atoms with Crippen molar-refractivity contribution < 1.29 is 17.9 Å². The zero-order valence-corrected chi connectivity index (χ0v) is 23.0. The highest BCUT2D eigenvalue weighted by Crippen LogP contribution is 2.31. The van der Waals surface area contributed by atoms with Crippen LogP contribution in [0.3, 0.4) is 0 Å². The van der Waals surface area contributed by atoms with E-state index in [1.807, 2.05) is 60.7 Å². The van der Waals surface area contributed by atoms with E-state index in [1.165, 1.54) is 19.2 Å². The number of amides is 1. The van der Waals surface area contributed by atoms with E-state index in [1.54, 1.807) is 13.0 Å². The van der Waals surface area contributed by atoms with Gasteiger partial charge in [-0.3, -0.25) is 4.79 Å². The molecule has 200 valence electrons. The predicted octanol–water partition coefficient (Wildman–Crippen LogP) is 5.66. The van der Waals surface area contributed by atoms with Crippen LogP contribution in [0, 0.1) is 6.92 Å². The summed E-state index contributed by atoms with van der Waals surface area (Å²) in [5.41, 5.74) is 4.33. The molecule has 0 spiro atoms. The van der Waals surface area contributed by atoms with Gasteiger partial charge in [0.15, 0.2) is 0 Å². The molecule has 2 N–H and O–H groups in total. The number of hydrogen-bond acceptors (Lipinski definition) is 4. The Morgan fingerprint density at radius 2 is 1.62 bits per heavy atom. The minimum atomic E-state index is -4.00. The quantitative estimate of drug-likeness (QED) is 0.252. The summed E-state index contributed by atoms with van der Waals surface area (Å²) in [4.78, 5) is 13.7. The summed E-state index contributed by atoms with van der Waals surface area (Å²) in [7, 11) is -2.46. The lowest BCUT2D eigenvalue weighted by Gasteiger charge is -2.19. The van der Waals surface area contributed by atoms with Crippen LogP contribution in [0.1, 0.15) is 18.1 Å². The number of fused-ring (bicyclic) bond motifs is 3. The number of para-hydroxylation sites is 1. The highest BCUT2D eigenvalue weighted by molar-refractivity contribution is 7.89. The van der Waals surface area contributed by atoms with E-state index in [0.717, 1.165) is 33.9 Å². The first-order valence-electron chi connectivity index (χ1n) is 12.8. The maximum absolute atomic E-state index is 13.6. The summed E-state index contributed by atoms with van der Waals surface area (Å²) in [6, 6.07) is 26.9. The summed E-state index contributed by atoms with van der Waals surface area (Å²) in [6.45, 7) is 4.70. The predicted molar refractivity (Wildman–Crippen MR) is 156 cm³/mol. The van der Waals surface area contributed by atoms with Gasteiger partial charge in [0.2, 0.25) is 15.9 Å². The van der Waals surface area contributed by atoms with Gasteiger partial charge in [-0.05, 0) is 73.9 Å². The third-order valence-corrected chi connectivity index (χ3v) is 8.40. The second-order valence-electron chi connectivity index (χ2n) is 9.48. The highest BCUT2D eigenvalue weighted by atomic mass is 32.2. The van der Waals surface area contributed by atoms with Crippen molar-refractivity contribution in [1.82, 2.24) is 9.29 Å². The number of hydrogen-bond donors (Lipinski definition) is 2. The lowest BCUT2D eigenvalue weighted by molar-refractivity contribution is -0.117. The first-order chi connectivity index (χ1) is 18.8. The number of sulfonamides is 1. The van der Waals surface area contributed by atoms with Gasteiger partial charge in [0, 0.05) is 34.0 Å². The fourth-order valence-corrected chi connectivity index (χ4v) is 6.29. The van der Waals surface area contributed by atoms with E-state index in [2.05, 4.69) is 33.7 Å². The van der Waals surface area contributed by atoms with Crippen molar-refractivity contribution in [1.29, 1.82) is 0 Å². The molecule has 5 rings (SSSR count). The molecule has 8 heteroatoms. The van der Waals surface area contributed by atoms with E-state index < -0.39 is 22.0 Å². The largest absolute Gasteiger partial charge is 0.496 e. The Hall–Kier alpha value is -4.14. The fraction of sp³-hybridized carbons (Fsp3) is 0.194. The molecule has 7 nitrogen and oxygen atoms in total. The Kier molecular flexibility index (Phi) is 7.41. The summed E-state index contributed by atoms with van der Waals surface area (Å²) in [5.74, 6) is 0.151. The van der Waals surface area contributed by atoms with Crippen molar-refractivity contribution in [3.05, 3.63) is 102 Å². The number of aryl methyl sites for hydroxylation is 2. The normalized spacial score (nSPS) is 12.5. The number of rotatable bonds is 9. The van der Waals surface area contributed by atoms with Gasteiger partial charge in [0.05, 0.1) is 12.0 Å². The summed E-state index contributed by atoms with van der Waals surface area (Å²) in [6.07, 6.45) is 0.193. The molecule has 0 radical (unpaired) electrons. The molecule has 0 saturated heterocycles. The summed E-state index contributed by atoms with van der Waals surface area (Å²) >= 11 is 0. The number of benzene rings is 4. The number of anilines is 1. The molecule has 1 amide bonds. The van der Waals surface area contributed by atoms with Gasteiger partial charge in [-0.25, -0.2) is 8.42 Å². The molecule has 5 aromatic rings. The molecule has 0 bridgehead atoms. The highest BCUT2D eigenvalue weighted by Gasteiger charge is 2.27. The van der Waals surface area contributed by atoms with Crippen LogP contribution < -0.4 is 14.8 Å². The van der Waals surface area contributed by atoms with Crippen LogP contribution in [0.25, 0.3) is 21.8 Å². The minimum absolute atomic E-state index is 0.0699. The topological polar surface area (TPSA) is 89.4 Å². The number of nitrogens with zero attached hydrogens (tertiary/aromatic N) is 1. The maximum atomic E-state index is 13.6. The van der Waals surface area contributed by atoms with Gasteiger partial charge in [0.25, 0.3) is 0 Å². The molecule has 0 aliphatic heterocycles. The SMILES string of the molecule is CCn1c2ccccc2c2cc(NC(=O)C(Cc3ccccc3)NS(=O)(=O)c3ccc(OC)c(C)c3)ccc21. The van der Waals surface area contributed by atoms with Crippen LogP contribution in [0.15, 0.2) is 95.9 Å². The Labute approximate surface area is 228 Å². The van der Waals surface area contributed by atoms with Gasteiger partial charge in [-0.15, -0.1) is 0 Å². The number of aromatic nitrogens is 1. The first-order valence-corrected chi connectivity index (χ1v) is 14.3. The van der Waals surface area contributed by atoms with Crippen molar-refractivity contribution in [3.8, 4) is 5.75 Å². The van der Waals surface area contributed by atoms with Crippen LogP contribution in [-0.4, -0.2) is 32.0 Å². The third-order valence-electron chi connectivity index (χ3n) is 6.93. The van der Waals surface area contributed by atoms with E-state index >= 15 is 0 Å². The molecule has 1 atom stereocenters. The molecule has 1 heterocycles. The van der Waals surface area contributed by atoms with Crippen LogP contribution >= 0.6 is 0 Å². The van der Waals surface area contributed by atoms with E-state index in [9.17, 15) is 13.2 Å². The van der Waals surface area contributed by atoms with E-state index in [4.69, 9.17) is 4.74 Å². The summed E-state index contributed by atoms with van der Waals surface area (Å²) in [5, 5.41) is 5.08. The molecule has 39 heavy (non-hydrogen) atoms. The molecule has 0 saturated carbocycles. The van der Waals surface area contributed by atoms with Crippen molar-refractivity contribution in [2.75, 3.05) is 12.4 Å². The molecular formula is C31H31N3O4S. The number of ether oxygens (including phenoxy) is 1. The molecular weight excluding hydrogens is 510 g/mol. The molecule has 4 aromatic carbocycles.